The molecule has 1 unspecified atom stereocenters. The molecule has 2 N–H and O–H groups in total. The third kappa shape index (κ3) is 5.03. The lowest BCUT2D eigenvalue weighted by Gasteiger charge is -2.12. The predicted octanol–water partition coefficient (Wildman–Crippen LogP) is 5.22. The zero-order chi connectivity index (χ0) is 23.4. The highest BCUT2D eigenvalue weighted by Crippen LogP contribution is 2.29. The van der Waals surface area contributed by atoms with E-state index in [-0.39, 0.29) is 11.5 Å². The van der Waals surface area contributed by atoms with Gasteiger partial charge in [-0.05, 0) is 67.5 Å². The van der Waals surface area contributed by atoms with Gasteiger partial charge in [-0.1, -0.05) is 60.7 Å². The highest BCUT2D eigenvalue weighted by Gasteiger charge is 2.31. The molecular formula is C28H29N3O2. The van der Waals surface area contributed by atoms with E-state index in [0.29, 0.717) is 30.0 Å². The summed E-state index contributed by atoms with van der Waals surface area (Å²) in [7, 11) is 0. The Morgan fingerprint density at radius 2 is 1.61 bits per heavy atom. The Morgan fingerprint density at radius 3 is 2.33 bits per heavy atom. The third-order valence-corrected chi connectivity index (χ3v) is 6.20. The van der Waals surface area contributed by atoms with Crippen molar-refractivity contribution in [3.8, 4) is 5.75 Å². The van der Waals surface area contributed by atoms with Crippen molar-refractivity contribution in [1.82, 2.24) is 0 Å². The smallest absolute Gasteiger partial charge is 0.209 e. The fourth-order valence-corrected chi connectivity index (χ4v) is 4.30. The molecule has 168 valence electrons. The van der Waals surface area contributed by atoms with Crippen LogP contribution in [0.1, 0.15) is 34.7 Å². The van der Waals surface area contributed by atoms with Crippen molar-refractivity contribution in [2.24, 2.45) is 10.1 Å². The van der Waals surface area contributed by atoms with Gasteiger partial charge in [0, 0.05) is 6.42 Å². The second-order valence-electron chi connectivity index (χ2n) is 8.54. The van der Waals surface area contributed by atoms with Gasteiger partial charge in [-0.2, -0.15) is 5.10 Å². The van der Waals surface area contributed by atoms with Crippen LogP contribution in [0.5, 0.6) is 5.75 Å². The van der Waals surface area contributed by atoms with E-state index >= 15 is 0 Å². The molecule has 3 aromatic rings. The SMILES string of the molecule is CC1=NC(Cc2ccccc2)C(=O)/C1=N\Nc1cccc(CCc2c(C)cccc2C)c1O. The van der Waals surface area contributed by atoms with Gasteiger partial charge in [-0.15, -0.1) is 0 Å². The fourth-order valence-electron chi connectivity index (χ4n) is 4.30. The van der Waals surface area contributed by atoms with Crippen LogP contribution in [0.2, 0.25) is 0 Å². The molecule has 1 heterocycles. The zero-order valence-corrected chi connectivity index (χ0v) is 19.3. The number of phenolic OH excluding ortho intramolecular Hbond substituents is 1. The fraction of sp³-hybridized carbons (Fsp3) is 0.250. The minimum Gasteiger partial charge on any atom is -0.505 e. The summed E-state index contributed by atoms with van der Waals surface area (Å²) in [5.74, 6) is 0.0588. The Kier molecular flexibility index (Phi) is 6.68. The average molecular weight is 440 g/mol. The van der Waals surface area contributed by atoms with Crippen LogP contribution in [-0.2, 0) is 24.1 Å². The van der Waals surface area contributed by atoms with Crippen LogP contribution in [0.4, 0.5) is 5.69 Å². The summed E-state index contributed by atoms with van der Waals surface area (Å²) in [4.78, 5) is 17.4. The van der Waals surface area contributed by atoms with Crippen molar-refractivity contribution >= 4 is 22.9 Å². The Morgan fingerprint density at radius 1 is 0.909 bits per heavy atom. The number of hydrogen-bond donors (Lipinski definition) is 2. The van der Waals surface area contributed by atoms with Gasteiger partial charge in [-0.3, -0.25) is 15.2 Å². The molecule has 5 nitrogen and oxygen atoms in total. The van der Waals surface area contributed by atoms with Gasteiger partial charge in [-0.25, -0.2) is 0 Å². The lowest BCUT2D eigenvalue weighted by molar-refractivity contribution is -0.113. The van der Waals surface area contributed by atoms with Gasteiger partial charge < -0.3 is 5.11 Å². The maximum atomic E-state index is 12.9. The number of para-hydroxylation sites is 1. The molecule has 0 saturated heterocycles. The molecule has 1 aliphatic heterocycles. The second kappa shape index (κ2) is 9.82. The summed E-state index contributed by atoms with van der Waals surface area (Å²) >= 11 is 0. The lowest BCUT2D eigenvalue weighted by Crippen LogP contribution is -2.25. The van der Waals surface area contributed by atoms with Crippen LogP contribution in [0.15, 0.2) is 76.8 Å². The molecule has 4 rings (SSSR count). The quantitative estimate of drug-likeness (QED) is 0.392. The molecular weight excluding hydrogens is 410 g/mol. The number of Topliss-reactive ketones (excluding diaryl/α,β-unsaturated/α-hetero) is 1. The van der Waals surface area contributed by atoms with Gasteiger partial charge in [0.1, 0.15) is 17.5 Å². The number of carbonyl (C=O) groups is 1. The maximum absolute atomic E-state index is 12.9. The molecule has 0 fully saturated rings. The summed E-state index contributed by atoms with van der Waals surface area (Å²) in [6, 6.07) is 21.3. The number of nitrogens with one attached hydrogen (secondary N) is 1. The van der Waals surface area contributed by atoms with E-state index in [9.17, 15) is 9.90 Å². The number of carbonyl (C=O) groups excluding carboxylic acids is 1. The molecule has 33 heavy (non-hydrogen) atoms. The van der Waals surface area contributed by atoms with Crippen molar-refractivity contribution in [2.45, 2.75) is 46.1 Å². The Labute approximate surface area is 194 Å². The molecule has 1 atom stereocenters. The highest BCUT2D eigenvalue weighted by atomic mass is 16.3. The first-order valence-corrected chi connectivity index (χ1v) is 11.3. The summed E-state index contributed by atoms with van der Waals surface area (Å²) in [5.41, 5.74) is 10.0. The van der Waals surface area contributed by atoms with Crippen LogP contribution in [-0.4, -0.2) is 28.4 Å². The summed E-state index contributed by atoms with van der Waals surface area (Å²) < 4.78 is 0. The molecule has 0 radical (unpaired) electrons. The predicted molar refractivity (Wildman–Crippen MR) is 135 cm³/mol. The number of ketones is 1. The van der Waals surface area contributed by atoms with E-state index in [4.69, 9.17) is 0 Å². The monoisotopic (exact) mass is 439 g/mol. The number of anilines is 1. The average Bonchev–Trinajstić information content (AvgIpc) is 3.06. The summed E-state index contributed by atoms with van der Waals surface area (Å²) in [5, 5.41) is 15.1. The Bertz CT molecular complexity index is 1210. The van der Waals surface area contributed by atoms with E-state index in [1.165, 1.54) is 16.7 Å². The van der Waals surface area contributed by atoms with Crippen molar-refractivity contribution < 1.29 is 9.90 Å². The zero-order valence-electron chi connectivity index (χ0n) is 19.3. The highest BCUT2D eigenvalue weighted by molar-refractivity contribution is 6.70. The Balaban J connectivity index is 1.46. The largest absolute Gasteiger partial charge is 0.505 e. The van der Waals surface area contributed by atoms with E-state index < -0.39 is 6.04 Å². The number of aryl methyl sites for hydroxylation is 3. The van der Waals surface area contributed by atoms with Crippen LogP contribution >= 0.6 is 0 Å². The van der Waals surface area contributed by atoms with Crippen LogP contribution in [0.3, 0.4) is 0 Å². The third-order valence-electron chi connectivity index (χ3n) is 6.20. The van der Waals surface area contributed by atoms with Crippen molar-refractivity contribution in [2.75, 3.05) is 5.43 Å². The first kappa shape index (κ1) is 22.5. The molecule has 0 saturated carbocycles. The van der Waals surface area contributed by atoms with E-state index in [2.05, 4.69) is 47.6 Å². The normalized spacial score (nSPS) is 16.8. The van der Waals surface area contributed by atoms with Gasteiger partial charge in [0.15, 0.2) is 0 Å². The van der Waals surface area contributed by atoms with Crippen LogP contribution < -0.4 is 5.43 Å². The number of benzene rings is 3. The van der Waals surface area contributed by atoms with Gasteiger partial charge in [0.05, 0.1) is 11.4 Å². The molecule has 3 aromatic carbocycles. The van der Waals surface area contributed by atoms with Crippen LogP contribution in [0.25, 0.3) is 0 Å². The molecule has 0 aliphatic carbocycles. The van der Waals surface area contributed by atoms with Crippen molar-refractivity contribution in [3.05, 3.63) is 94.5 Å². The standard InChI is InChI=1S/C28H29N3O2/c1-18-9-7-10-19(2)23(18)16-15-22-13-8-14-24(27(22)32)30-31-26-20(3)29-25(28(26)33)17-21-11-5-4-6-12-21/h4-14,25,30,32H,15-17H2,1-3H3/b31-26-. The van der Waals surface area contributed by atoms with Gasteiger partial charge >= 0.3 is 0 Å². The molecule has 0 spiro atoms. The number of phenols is 1. The molecule has 0 bridgehead atoms. The molecule has 1 aliphatic rings. The molecule has 5 heteroatoms. The number of hydrazone groups is 1. The number of aromatic hydroxyl groups is 1. The molecule has 0 aromatic heterocycles. The number of aliphatic imine (C=N–C) groups is 1. The number of nitrogens with zero attached hydrogens (tertiary/aromatic N) is 2. The van der Waals surface area contributed by atoms with Crippen molar-refractivity contribution in [1.29, 1.82) is 0 Å². The van der Waals surface area contributed by atoms with Crippen LogP contribution in [0, 0.1) is 13.8 Å². The minimum atomic E-state index is -0.453. The topological polar surface area (TPSA) is 74.0 Å². The summed E-state index contributed by atoms with van der Waals surface area (Å²) in [6.07, 6.45) is 2.10. The second-order valence-corrected chi connectivity index (χ2v) is 8.54. The minimum absolute atomic E-state index is 0.102. The van der Waals surface area contributed by atoms with E-state index in [1.807, 2.05) is 42.5 Å². The van der Waals surface area contributed by atoms with E-state index in [1.54, 1.807) is 13.0 Å². The van der Waals surface area contributed by atoms with Gasteiger partial charge in [0.2, 0.25) is 5.78 Å². The molecule has 0 amide bonds. The lowest BCUT2D eigenvalue weighted by atomic mass is 9.96. The Hall–Kier alpha value is -3.73. The van der Waals surface area contributed by atoms with Crippen molar-refractivity contribution in [3.63, 3.8) is 0 Å². The number of rotatable bonds is 7. The number of hydrogen-bond acceptors (Lipinski definition) is 5. The van der Waals surface area contributed by atoms with E-state index in [0.717, 1.165) is 17.5 Å². The summed E-state index contributed by atoms with van der Waals surface area (Å²) in [6.45, 7) is 6.03. The first-order chi connectivity index (χ1) is 15.9. The van der Waals surface area contributed by atoms with Gasteiger partial charge in [0.25, 0.3) is 0 Å². The first-order valence-electron chi connectivity index (χ1n) is 11.3. The maximum Gasteiger partial charge on any atom is 0.209 e.